The van der Waals surface area contributed by atoms with Crippen LogP contribution in [-0.4, -0.2) is 42.1 Å². The number of likely N-dealkylation sites (N-methyl/N-ethyl adjacent to an activating group) is 1. The first-order valence-electron chi connectivity index (χ1n) is 8.15. The van der Waals surface area contributed by atoms with Gasteiger partial charge in [-0.3, -0.25) is 0 Å². The SMILES string of the molecule is CN(C)C1C[C@@H]1OC(=O)c1ccc2nc(-c3cc(Cl)cc(Cl)c3)oc2c1. The van der Waals surface area contributed by atoms with E-state index in [1.54, 1.807) is 36.4 Å². The van der Waals surface area contributed by atoms with E-state index >= 15 is 0 Å². The first-order chi connectivity index (χ1) is 12.4. The summed E-state index contributed by atoms with van der Waals surface area (Å²) in [5.41, 5.74) is 2.26. The molecular weight excluding hydrogens is 375 g/mol. The fourth-order valence-electron chi connectivity index (χ4n) is 2.89. The van der Waals surface area contributed by atoms with Gasteiger partial charge in [0.2, 0.25) is 5.89 Å². The van der Waals surface area contributed by atoms with Gasteiger partial charge in [-0.05, 0) is 50.5 Å². The van der Waals surface area contributed by atoms with Crippen molar-refractivity contribution in [3.8, 4) is 11.5 Å². The molecule has 1 aliphatic rings. The van der Waals surface area contributed by atoms with Crippen molar-refractivity contribution in [1.29, 1.82) is 0 Å². The van der Waals surface area contributed by atoms with E-state index in [2.05, 4.69) is 9.88 Å². The highest BCUT2D eigenvalue weighted by molar-refractivity contribution is 6.35. The van der Waals surface area contributed by atoms with Crippen LogP contribution in [-0.2, 0) is 4.74 Å². The summed E-state index contributed by atoms with van der Waals surface area (Å²) in [6.45, 7) is 0. The Morgan fingerprint density at radius 3 is 2.58 bits per heavy atom. The maximum absolute atomic E-state index is 12.3. The first kappa shape index (κ1) is 17.3. The topological polar surface area (TPSA) is 55.6 Å². The van der Waals surface area contributed by atoms with Crippen LogP contribution in [0.4, 0.5) is 0 Å². The van der Waals surface area contributed by atoms with Crippen LogP contribution >= 0.6 is 23.2 Å². The van der Waals surface area contributed by atoms with Gasteiger partial charge in [0.05, 0.1) is 5.56 Å². The number of ether oxygens (including phenoxy) is 1. The van der Waals surface area contributed by atoms with Crippen molar-refractivity contribution in [2.75, 3.05) is 14.1 Å². The molecule has 1 saturated carbocycles. The second kappa shape index (κ2) is 6.58. The van der Waals surface area contributed by atoms with Crippen molar-refractivity contribution in [2.24, 2.45) is 0 Å². The number of aromatic nitrogens is 1. The Hall–Kier alpha value is -2.08. The molecule has 1 fully saturated rings. The summed E-state index contributed by atoms with van der Waals surface area (Å²) in [6, 6.07) is 10.5. The van der Waals surface area contributed by atoms with Crippen molar-refractivity contribution in [2.45, 2.75) is 18.6 Å². The smallest absolute Gasteiger partial charge is 0.338 e. The number of oxazole rings is 1. The van der Waals surface area contributed by atoms with Gasteiger partial charge in [-0.1, -0.05) is 23.2 Å². The molecule has 0 radical (unpaired) electrons. The lowest BCUT2D eigenvalue weighted by atomic mass is 10.2. The Kier molecular flexibility index (Phi) is 4.39. The number of halogens is 2. The van der Waals surface area contributed by atoms with Gasteiger partial charge in [-0.25, -0.2) is 9.78 Å². The van der Waals surface area contributed by atoms with E-state index in [0.717, 1.165) is 6.42 Å². The van der Waals surface area contributed by atoms with Crippen molar-refractivity contribution in [3.63, 3.8) is 0 Å². The van der Waals surface area contributed by atoms with Crippen LogP contribution < -0.4 is 0 Å². The van der Waals surface area contributed by atoms with E-state index in [4.69, 9.17) is 32.4 Å². The molecule has 1 heterocycles. The highest BCUT2D eigenvalue weighted by Crippen LogP contribution is 2.32. The summed E-state index contributed by atoms with van der Waals surface area (Å²) in [5.74, 6) is 0.0368. The fraction of sp³-hybridized carbons (Fsp3) is 0.263. The number of nitrogens with zero attached hydrogens (tertiary/aromatic N) is 2. The maximum Gasteiger partial charge on any atom is 0.338 e. The van der Waals surface area contributed by atoms with Gasteiger partial charge in [-0.15, -0.1) is 0 Å². The van der Waals surface area contributed by atoms with Gasteiger partial charge in [0.1, 0.15) is 11.6 Å². The molecule has 2 atom stereocenters. The minimum absolute atomic E-state index is 0.0490. The predicted octanol–water partition coefficient (Wildman–Crippen LogP) is 4.66. The van der Waals surface area contributed by atoms with E-state index in [-0.39, 0.29) is 12.1 Å². The molecule has 0 aliphatic heterocycles. The summed E-state index contributed by atoms with van der Waals surface area (Å²) < 4.78 is 11.3. The average Bonchev–Trinajstić information content (AvgIpc) is 3.21. The second-order valence-corrected chi connectivity index (χ2v) is 7.44. The Morgan fingerprint density at radius 1 is 1.19 bits per heavy atom. The molecule has 134 valence electrons. The van der Waals surface area contributed by atoms with E-state index in [1.165, 1.54) is 0 Å². The first-order valence-corrected chi connectivity index (χ1v) is 8.91. The number of benzene rings is 2. The van der Waals surface area contributed by atoms with Crippen molar-refractivity contribution < 1.29 is 13.9 Å². The summed E-state index contributed by atoms with van der Waals surface area (Å²) in [6.07, 6.45) is 0.815. The van der Waals surface area contributed by atoms with Gasteiger partial charge < -0.3 is 14.1 Å². The van der Waals surface area contributed by atoms with E-state index in [9.17, 15) is 4.79 Å². The van der Waals surface area contributed by atoms with E-state index in [0.29, 0.717) is 44.2 Å². The lowest BCUT2D eigenvalue weighted by molar-refractivity contribution is 0.0439. The van der Waals surface area contributed by atoms with Crippen molar-refractivity contribution in [1.82, 2.24) is 9.88 Å². The Morgan fingerprint density at radius 2 is 1.92 bits per heavy atom. The maximum atomic E-state index is 12.3. The number of carbonyl (C=O) groups excluding carboxylic acids is 1. The molecule has 0 amide bonds. The van der Waals surface area contributed by atoms with Gasteiger partial charge in [0, 0.05) is 28.1 Å². The number of hydrogen-bond donors (Lipinski definition) is 0. The molecule has 1 aliphatic carbocycles. The Balaban J connectivity index is 1.59. The lowest BCUT2D eigenvalue weighted by Gasteiger charge is -2.09. The number of hydrogen-bond acceptors (Lipinski definition) is 5. The molecule has 5 nitrogen and oxygen atoms in total. The summed E-state index contributed by atoms with van der Waals surface area (Å²) in [7, 11) is 3.95. The lowest BCUT2D eigenvalue weighted by Crippen LogP contribution is -2.20. The molecule has 1 aromatic heterocycles. The zero-order chi connectivity index (χ0) is 18.4. The molecule has 1 unspecified atom stereocenters. The standard InChI is InChI=1S/C19H16Cl2N2O3/c1-23(2)15-9-17(15)26-19(24)10-3-4-14-16(7-10)25-18(22-14)11-5-12(20)8-13(21)6-11/h3-8,15,17H,9H2,1-2H3/t15?,17-/m0/s1. The number of fused-ring (bicyclic) bond motifs is 1. The van der Waals surface area contributed by atoms with Crippen LogP contribution in [0.15, 0.2) is 40.8 Å². The van der Waals surface area contributed by atoms with Crippen molar-refractivity contribution >= 4 is 40.3 Å². The monoisotopic (exact) mass is 390 g/mol. The predicted molar refractivity (Wildman–Crippen MR) is 101 cm³/mol. The summed E-state index contributed by atoms with van der Waals surface area (Å²) >= 11 is 12.1. The molecule has 0 spiro atoms. The van der Waals surface area contributed by atoms with Crippen molar-refractivity contribution in [3.05, 3.63) is 52.0 Å². The van der Waals surface area contributed by atoms with Gasteiger partial charge in [0.15, 0.2) is 5.58 Å². The van der Waals surface area contributed by atoms with Crippen LogP contribution in [0.5, 0.6) is 0 Å². The minimum atomic E-state index is -0.356. The van der Waals surface area contributed by atoms with Crippen LogP contribution in [0.1, 0.15) is 16.8 Å². The van der Waals surface area contributed by atoms with E-state index in [1.807, 2.05) is 14.1 Å². The van der Waals surface area contributed by atoms with Crippen LogP contribution in [0.2, 0.25) is 10.0 Å². The largest absolute Gasteiger partial charge is 0.457 e. The minimum Gasteiger partial charge on any atom is -0.457 e. The van der Waals surface area contributed by atoms with Gasteiger partial charge >= 0.3 is 5.97 Å². The number of esters is 1. The average molecular weight is 391 g/mol. The third-order valence-electron chi connectivity index (χ3n) is 4.36. The quantitative estimate of drug-likeness (QED) is 0.606. The highest BCUT2D eigenvalue weighted by atomic mass is 35.5. The normalized spacial score (nSPS) is 19.1. The van der Waals surface area contributed by atoms with E-state index < -0.39 is 0 Å². The zero-order valence-electron chi connectivity index (χ0n) is 14.2. The van der Waals surface area contributed by atoms with Gasteiger partial charge in [0.25, 0.3) is 0 Å². The highest BCUT2D eigenvalue weighted by Gasteiger charge is 2.42. The molecule has 0 saturated heterocycles. The zero-order valence-corrected chi connectivity index (χ0v) is 15.7. The fourth-order valence-corrected chi connectivity index (χ4v) is 3.41. The number of carbonyl (C=O) groups is 1. The molecule has 4 rings (SSSR count). The Labute approximate surface area is 160 Å². The molecule has 26 heavy (non-hydrogen) atoms. The van der Waals surface area contributed by atoms with Crippen LogP contribution in [0, 0.1) is 0 Å². The Bertz CT molecular complexity index is 979. The molecule has 3 aromatic rings. The second-order valence-electron chi connectivity index (χ2n) is 6.57. The van der Waals surface area contributed by atoms with Gasteiger partial charge in [-0.2, -0.15) is 0 Å². The third-order valence-corrected chi connectivity index (χ3v) is 4.79. The third kappa shape index (κ3) is 3.43. The molecule has 7 heteroatoms. The molecule has 0 N–H and O–H groups in total. The van der Waals surface area contributed by atoms with Crippen LogP contribution in [0.3, 0.4) is 0 Å². The number of rotatable bonds is 4. The van der Waals surface area contributed by atoms with Crippen LogP contribution in [0.25, 0.3) is 22.6 Å². The molecular formula is C19H16Cl2N2O3. The molecule has 0 bridgehead atoms. The summed E-state index contributed by atoms with van der Waals surface area (Å²) in [4.78, 5) is 18.8. The molecule has 2 aromatic carbocycles. The summed E-state index contributed by atoms with van der Waals surface area (Å²) in [5, 5.41) is 0.998.